The highest BCUT2D eigenvalue weighted by Gasteiger charge is 2.37. The molecule has 0 saturated heterocycles. The summed E-state index contributed by atoms with van der Waals surface area (Å²) in [6, 6.07) is 71.4. The third kappa shape index (κ3) is 4.77. The monoisotopic (exact) mass is 738 g/mol. The first-order valence-corrected chi connectivity index (χ1v) is 20.3. The maximum absolute atomic E-state index is 6.80. The van der Waals surface area contributed by atoms with Crippen LogP contribution < -0.4 is 0 Å². The van der Waals surface area contributed by atoms with Crippen LogP contribution in [0.1, 0.15) is 25.0 Å². The van der Waals surface area contributed by atoms with Gasteiger partial charge in [-0.3, -0.25) is 0 Å². The zero-order valence-electron chi connectivity index (χ0n) is 32.4. The van der Waals surface area contributed by atoms with Crippen molar-refractivity contribution in [2.75, 3.05) is 0 Å². The molecule has 0 saturated carbocycles. The molecule has 12 rings (SSSR count). The van der Waals surface area contributed by atoms with E-state index in [4.69, 9.17) is 4.42 Å². The van der Waals surface area contributed by atoms with E-state index in [0.29, 0.717) is 0 Å². The normalized spacial score (nSPS) is 13.1. The first kappa shape index (κ1) is 33.0. The van der Waals surface area contributed by atoms with Crippen LogP contribution in [0, 0.1) is 0 Å². The van der Waals surface area contributed by atoms with E-state index in [2.05, 4.69) is 208 Å². The molecule has 1 aromatic heterocycles. The number of hydrogen-bond acceptors (Lipinski definition) is 1. The van der Waals surface area contributed by atoms with Crippen molar-refractivity contribution in [1.29, 1.82) is 0 Å². The van der Waals surface area contributed by atoms with Gasteiger partial charge in [-0.05, 0) is 123 Å². The van der Waals surface area contributed by atoms with Crippen LogP contribution in [0.2, 0.25) is 0 Å². The summed E-state index contributed by atoms with van der Waals surface area (Å²) in [5.41, 5.74) is 16.8. The van der Waals surface area contributed by atoms with Gasteiger partial charge in [0.25, 0.3) is 0 Å². The number of rotatable bonds is 4. The fourth-order valence-corrected chi connectivity index (χ4v) is 10.2. The highest BCUT2D eigenvalue weighted by molar-refractivity contribution is 6.26. The molecular formula is C57H38O. The van der Waals surface area contributed by atoms with Gasteiger partial charge in [-0.25, -0.2) is 0 Å². The van der Waals surface area contributed by atoms with E-state index in [9.17, 15) is 0 Å². The molecule has 10 aromatic carbocycles. The maximum Gasteiger partial charge on any atom is 0.136 e. The molecule has 1 aliphatic rings. The van der Waals surface area contributed by atoms with E-state index >= 15 is 0 Å². The van der Waals surface area contributed by atoms with Crippen LogP contribution in [-0.4, -0.2) is 0 Å². The average Bonchev–Trinajstić information content (AvgIpc) is 3.77. The van der Waals surface area contributed by atoms with Gasteiger partial charge in [-0.2, -0.15) is 0 Å². The Kier molecular flexibility index (Phi) is 7.04. The second kappa shape index (κ2) is 12.4. The summed E-state index contributed by atoms with van der Waals surface area (Å²) in [7, 11) is 0. The Balaban J connectivity index is 1.12. The van der Waals surface area contributed by atoms with Crippen molar-refractivity contribution in [3.05, 3.63) is 205 Å². The Morgan fingerprint density at radius 1 is 0.345 bits per heavy atom. The van der Waals surface area contributed by atoms with E-state index in [0.717, 1.165) is 21.9 Å². The molecule has 1 aliphatic carbocycles. The molecule has 0 spiro atoms. The molecule has 58 heavy (non-hydrogen) atoms. The number of benzene rings is 10. The number of para-hydroxylation sites is 1. The maximum atomic E-state index is 6.80. The van der Waals surface area contributed by atoms with Crippen molar-refractivity contribution in [3.63, 3.8) is 0 Å². The molecule has 0 atom stereocenters. The Labute approximate surface area is 337 Å². The molecule has 0 unspecified atom stereocenters. The average molecular weight is 739 g/mol. The van der Waals surface area contributed by atoms with E-state index in [1.165, 1.54) is 99.1 Å². The molecule has 1 nitrogen and oxygen atoms in total. The van der Waals surface area contributed by atoms with Gasteiger partial charge in [0.05, 0.1) is 0 Å². The van der Waals surface area contributed by atoms with E-state index in [1.54, 1.807) is 0 Å². The van der Waals surface area contributed by atoms with Crippen LogP contribution in [0.5, 0.6) is 0 Å². The largest absolute Gasteiger partial charge is 0.456 e. The minimum absolute atomic E-state index is 0.156. The Morgan fingerprint density at radius 2 is 0.914 bits per heavy atom. The molecular weight excluding hydrogens is 701 g/mol. The summed E-state index contributed by atoms with van der Waals surface area (Å²) in [5, 5.41) is 9.72. The van der Waals surface area contributed by atoms with Crippen LogP contribution >= 0.6 is 0 Å². The van der Waals surface area contributed by atoms with Crippen LogP contribution in [0.25, 0.3) is 110 Å². The van der Waals surface area contributed by atoms with Gasteiger partial charge >= 0.3 is 0 Å². The highest BCUT2D eigenvalue weighted by atomic mass is 16.3. The van der Waals surface area contributed by atoms with Crippen molar-refractivity contribution in [2.45, 2.75) is 19.3 Å². The third-order valence-electron chi connectivity index (χ3n) is 12.8. The van der Waals surface area contributed by atoms with Crippen LogP contribution in [0.4, 0.5) is 0 Å². The van der Waals surface area contributed by atoms with Gasteiger partial charge in [-0.15, -0.1) is 0 Å². The first-order chi connectivity index (χ1) is 28.5. The Hall–Kier alpha value is -7.22. The first-order valence-electron chi connectivity index (χ1n) is 20.3. The van der Waals surface area contributed by atoms with E-state index in [1.807, 2.05) is 0 Å². The summed E-state index contributed by atoms with van der Waals surface area (Å²) in [6.07, 6.45) is 0. The minimum Gasteiger partial charge on any atom is -0.456 e. The fraction of sp³-hybridized carbons (Fsp3) is 0.0526. The molecule has 0 aliphatic heterocycles. The summed E-state index contributed by atoms with van der Waals surface area (Å²) < 4.78 is 6.80. The van der Waals surface area contributed by atoms with E-state index in [-0.39, 0.29) is 5.41 Å². The quantitative estimate of drug-likeness (QED) is 0.164. The Morgan fingerprint density at radius 3 is 1.67 bits per heavy atom. The lowest BCUT2D eigenvalue weighted by Gasteiger charge is -2.25. The lowest BCUT2D eigenvalue weighted by atomic mass is 9.78. The van der Waals surface area contributed by atoms with Gasteiger partial charge in [-0.1, -0.05) is 184 Å². The molecule has 0 radical (unpaired) electrons. The number of hydrogen-bond donors (Lipinski definition) is 0. The lowest BCUT2D eigenvalue weighted by Crippen LogP contribution is -2.16. The predicted molar refractivity (Wildman–Crippen MR) is 246 cm³/mol. The lowest BCUT2D eigenvalue weighted by molar-refractivity contribution is 0.661. The number of fused-ring (bicyclic) bond motifs is 9. The molecule has 272 valence electrons. The van der Waals surface area contributed by atoms with Crippen molar-refractivity contribution in [3.8, 4) is 55.6 Å². The van der Waals surface area contributed by atoms with Crippen molar-refractivity contribution in [2.24, 2.45) is 0 Å². The smallest absolute Gasteiger partial charge is 0.136 e. The molecule has 0 fully saturated rings. The van der Waals surface area contributed by atoms with Crippen LogP contribution in [-0.2, 0) is 5.41 Å². The molecule has 0 amide bonds. The van der Waals surface area contributed by atoms with Gasteiger partial charge in [0.2, 0.25) is 0 Å². The van der Waals surface area contributed by atoms with Crippen molar-refractivity contribution >= 4 is 54.3 Å². The zero-order valence-corrected chi connectivity index (χ0v) is 32.4. The van der Waals surface area contributed by atoms with Gasteiger partial charge < -0.3 is 4.42 Å². The zero-order chi connectivity index (χ0) is 38.5. The van der Waals surface area contributed by atoms with Gasteiger partial charge in [0.1, 0.15) is 11.2 Å². The standard InChI is InChI=1S/C57H38O/c1-57(2)50-24-11-9-16-42(50)47-23-13-22-41(56(47)57)40-33-49(55-48-21-10-12-25-51(48)58-52(55)34-40)54-45-19-7-5-17-43(45)53(44-18-6-8-20-46(44)54)37-29-26-36(27-30-37)39-31-28-35-14-3-4-15-38(35)32-39/h3-34H,1-2H3. The molecule has 0 bridgehead atoms. The summed E-state index contributed by atoms with van der Waals surface area (Å²) in [5.74, 6) is 0. The van der Waals surface area contributed by atoms with Crippen molar-refractivity contribution in [1.82, 2.24) is 0 Å². The second-order valence-electron chi connectivity index (χ2n) is 16.4. The SMILES string of the molecule is CC1(C)c2ccccc2-c2cccc(-c3cc(-c4c5ccccc5c(-c5ccc(-c6ccc7ccccc7c6)cc5)c5ccccc45)c4c(c3)oc3ccccc34)c21. The highest BCUT2D eigenvalue weighted by Crippen LogP contribution is 2.54. The topological polar surface area (TPSA) is 13.1 Å². The predicted octanol–water partition coefficient (Wildman–Crippen LogP) is 16.0. The molecule has 11 aromatic rings. The van der Waals surface area contributed by atoms with Gasteiger partial charge in [0.15, 0.2) is 0 Å². The minimum atomic E-state index is -0.156. The summed E-state index contributed by atoms with van der Waals surface area (Å²) in [6.45, 7) is 4.74. The second-order valence-corrected chi connectivity index (χ2v) is 16.4. The van der Waals surface area contributed by atoms with Crippen LogP contribution in [0.15, 0.2) is 199 Å². The summed E-state index contributed by atoms with van der Waals surface area (Å²) in [4.78, 5) is 0. The van der Waals surface area contributed by atoms with E-state index < -0.39 is 0 Å². The van der Waals surface area contributed by atoms with Gasteiger partial charge in [0, 0.05) is 16.2 Å². The third-order valence-corrected chi connectivity index (χ3v) is 12.8. The molecule has 0 N–H and O–H groups in total. The molecule has 1 heteroatoms. The Bertz CT molecular complexity index is 3410. The van der Waals surface area contributed by atoms with Crippen molar-refractivity contribution < 1.29 is 4.42 Å². The number of furan rings is 1. The fourth-order valence-electron chi connectivity index (χ4n) is 10.2. The molecule has 1 heterocycles. The van der Waals surface area contributed by atoms with Crippen LogP contribution in [0.3, 0.4) is 0 Å². The summed E-state index contributed by atoms with van der Waals surface area (Å²) >= 11 is 0.